The second-order valence-corrected chi connectivity index (χ2v) is 13.4. The van der Waals surface area contributed by atoms with Crippen molar-refractivity contribution in [1.82, 2.24) is 0 Å². The largest absolute Gasteiger partial charge is 0.510 e. The number of phenols is 2. The number of aromatic hydroxyl groups is 2. The number of phenolic OH excluding ortho intramolecular Hbond substituents is 2. The van der Waals surface area contributed by atoms with Gasteiger partial charge in [0.25, 0.3) is 0 Å². The van der Waals surface area contributed by atoms with Gasteiger partial charge in [-0.15, -0.1) is 0 Å². The van der Waals surface area contributed by atoms with Crippen molar-refractivity contribution >= 4 is 24.0 Å². The Balaban J connectivity index is 1.28. The van der Waals surface area contributed by atoms with Gasteiger partial charge in [-0.25, -0.2) is 0 Å². The van der Waals surface area contributed by atoms with E-state index in [-0.39, 0.29) is 45.6 Å². The number of aliphatic hydroxyl groups excluding tert-OH is 6. The number of ether oxygens (including phenoxy) is 6. The Morgan fingerprint density at radius 2 is 1.24 bits per heavy atom. The summed E-state index contributed by atoms with van der Waals surface area (Å²) in [5, 5.41) is 92.5. The lowest BCUT2D eigenvalue weighted by atomic mass is 9.99. The summed E-state index contributed by atoms with van der Waals surface area (Å²) in [4.78, 5) is 45.9. The smallest absolute Gasteiger partial charge is 0.508 e. The van der Waals surface area contributed by atoms with Crippen LogP contribution in [0.4, 0.5) is 0 Å². The summed E-state index contributed by atoms with van der Waals surface area (Å²) in [5.41, 5.74) is 0.126. The van der Waals surface area contributed by atoms with Gasteiger partial charge in [0.1, 0.15) is 78.8 Å². The summed E-state index contributed by atoms with van der Waals surface area (Å²) in [7, 11) is 0. The summed E-state index contributed by atoms with van der Waals surface area (Å²) < 4.78 is 39.5. The van der Waals surface area contributed by atoms with Gasteiger partial charge in [-0.3, -0.25) is 14.4 Å². The zero-order chi connectivity index (χ0) is 42.5. The van der Waals surface area contributed by atoms with Crippen molar-refractivity contribution in [2.45, 2.75) is 67.8 Å². The van der Waals surface area contributed by atoms with Crippen LogP contribution in [-0.2, 0) is 28.5 Å². The number of carboxylic acids is 1. The maximum absolute atomic E-state index is 12.9. The molecule has 59 heavy (non-hydrogen) atoms. The quantitative estimate of drug-likeness (QED) is 0.0353. The number of fused-ring (bicyclic) bond motifs is 1. The van der Waals surface area contributed by atoms with Gasteiger partial charge in [-0.05, 0) is 54.1 Å². The number of carboxylic acid groups (broad SMARTS) is 1. The maximum Gasteiger partial charge on any atom is 0.510 e. The Morgan fingerprint density at radius 3 is 1.81 bits per heavy atom. The number of aliphatic carboxylic acids is 1. The molecule has 314 valence electrons. The molecule has 0 amide bonds. The molecule has 2 saturated heterocycles. The number of carbonyl (C=O) groups excluding carboxylic acids is 2. The minimum atomic E-state index is -1.96. The first-order valence-electron chi connectivity index (χ1n) is 17.7. The zero-order valence-electron chi connectivity index (χ0n) is 30.5. The molecule has 3 heterocycles. The highest BCUT2D eigenvalue weighted by Gasteiger charge is 2.48. The molecule has 20 heteroatoms. The molecular formula is C39H39O20+. The van der Waals surface area contributed by atoms with E-state index < -0.39 is 104 Å². The summed E-state index contributed by atoms with van der Waals surface area (Å²) >= 11 is 0. The van der Waals surface area contributed by atoms with Crippen LogP contribution < -0.4 is 14.9 Å². The van der Waals surface area contributed by atoms with Crippen LogP contribution in [0.5, 0.6) is 23.0 Å². The summed E-state index contributed by atoms with van der Waals surface area (Å²) in [6, 6.07) is 14.7. The van der Waals surface area contributed by atoms with E-state index in [1.807, 2.05) is 0 Å². The van der Waals surface area contributed by atoms with Crippen LogP contribution in [0.3, 0.4) is 0 Å². The van der Waals surface area contributed by atoms with Crippen LogP contribution in [0, 0.1) is 0 Å². The molecule has 10 unspecified atom stereocenters. The first-order valence-corrected chi connectivity index (χ1v) is 17.7. The second-order valence-electron chi connectivity index (χ2n) is 13.4. The third-order valence-electron chi connectivity index (χ3n) is 9.15. The average Bonchev–Trinajstić information content (AvgIpc) is 3.20. The van der Waals surface area contributed by atoms with Crippen molar-refractivity contribution in [3.05, 3.63) is 88.6 Å². The fourth-order valence-corrected chi connectivity index (χ4v) is 6.03. The molecule has 2 aromatic rings. The number of hydrogen-bond donors (Lipinski definition) is 9. The van der Waals surface area contributed by atoms with Crippen molar-refractivity contribution in [2.24, 2.45) is 0 Å². The topological polar surface area (TPSA) is 323 Å². The Hall–Kier alpha value is -6.10. The highest BCUT2D eigenvalue weighted by molar-refractivity contribution is 5.90. The van der Waals surface area contributed by atoms with Gasteiger partial charge < -0.3 is 83.6 Å². The van der Waals surface area contributed by atoms with Gasteiger partial charge in [-0.1, -0.05) is 12.1 Å². The van der Waals surface area contributed by atoms with E-state index in [4.69, 9.17) is 37.9 Å². The maximum atomic E-state index is 12.9. The molecule has 20 nitrogen and oxygen atoms in total. The average molecular weight is 828 g/mol. The van der Waals surface area contributed by atoms with Crippen LogP contribution in [0.1, 0.15) is 12.0 Å². The molecule has 1 aliphatic carbocycles. The minimum Gasteiger partial charge on any atom is -0.508 e. The van der Waals surface area contributed by atoms with E-state index in [0.29, 0.717) is 5.56 Å². The monoisotopic (exact) mass is 827 g/mol. The van der Waals surface area contributed by atoms with Crippen LogP contribution in [-0.4, -0.2) is 143 Å². The fraction of sp³-hybridized carbons (Fsp3) is 0.333. The van der Waals surface area contributed by atoms with E-state index in [1.54, 1.807) is 12.1 Å². The lowest BCUT2D eigenvalue weighted by molar-refractivity contribution is -0.278. The summed E-state index contributed by atoms with van der Waals surface area (Å²) in [6.45, 7) is -1.31. The van der Waals surface area contributed by atoms with Gasteiger partial charge >= 0.3 is 17.9 Å². The number of esters is 2. The van der Waals surface area contributed by atoms with Crippen LogP contribution in [0.15, 0.2) is 82.0 Å². The second kappa shape index (κ2) is 18.2. The minimum absolute atomic E-state index is 0.0374. The normalized spacial score (nSPS) is 26.9. The predicted octanol–water partition coefficient (Wildman–Crippen LogP) is -0.554. The van der Waals surface area contributed by atoms with Gasteiger partial charge in [-0.2, -0.15) is 0 Å². The molecule has 0 saturated carbocycles. The van der Waals surface area contributed by atoms with Crippen LogP contribution in [0.25, 0.3) is 28.7 Å². The van der Waals surface area contributed by atoms with E-state index in [2.05, 4.69) is 0 Å². The molecule has 3 aliphatic heterocycles. The van der Waals surface area contributed by atoms with Crippen molar-refractivity contribution < 1.29 is 93.2 Å². The lowest BCUT2D eigenvalue weighted by Crippen LogP contribution is -2.60. The molecule has 6 rings (SSSR count). The number of hydrogen-bond acceptors (Lipinski definition) is 18. The highest BCUT2D eigenvalue weighted by atomic mass is 16.7. The Morgan fingerprint density at radius 1 is 0.695 bits per heavy atom. The Labute approximate surface area is 332 Å². The first kappa shape index (κ1) is 42.5. The van der Waals surface area contributed by atoms with E-state index in [0.717, 1.165) is 12.1 Å². The van der Waals surface area contributed by atoms with Crippen LogP contribution in [0.2, 0.25) is 0 Å². The molecule has 0 spiro atoms. The number of benzene rings is 3. The van der Waals surface area contributed by atoms with Crippen LogP contribution >= 0.6 is 0 Å². The third kappa shape index (κ3) is 10.1. The molecule has 2 aromatic carbocycles. The van der Waals surface area contributed by atoms with Gasteiger partial charge in [0.2, 0.25) is 19.2 Å². The van der Waals surface area contributed by atoms with Gasteiger partial charge in [0.05, 0.1) is 11.6 Å². The van der Waals surface area contributed by atoms with E-state index >= 15 is 0 Å². The van der Waals surface area contributed by atoms with Crippen molar-refractivity contribution in [1.29, 1.82) is 0 Å². The van der Waals surface area contributed by atoms with Gasteiger partial charge in [0, 0.05) is 17.7 Å². The Bertz CT molecular complexity index is 2170. The lowest BCUT2D eigenvalue weighted by Gasteiger charge is -2.40. The van der Waals surface area contributed by atoms with Crippen molar-refractivity contribution in [3.63, 3.8) is 0 Å². The van der Waals surface area contributed by atoms with Gasteiger partial charge in [0.15, 0.2) is 23.0 Å². The fourth-order valence-electron chi connectivity index (χ4n) is 6.03. The molecule has 2 fully saturated rings. The Kier molecular flexibility index (Phi) is 13.1. The SMILES string of the molecule is O=C(O)CC(=O)OCC1OC(Oc2cc(=O)cc3oc(-c4ccc(O)cc4)c(OC4OC(COC(=[OH+])C=Cc5ccc(O)cc5)C(O)C(O)C4O)cc2-3)C(O)C(O)C1O. The van der Waals surface area contributed by atoms with E-state index in [9.17, 15) is 60.0 Å². The molecule has 10 atom stereocenters. The highest BCUT2D eigenvalue weighted by Crippen LogP contribution is 2.43. The summed E-state index contributed by atoms with van der Waals surface area (Å²) in [5.74, 6) is -4.20. The van der Waals surface area contributed by atoms with E-state index in [1.165, 1.54) is 54.6 Å². The standard InChI is InChI=1S/C39H38O20/c40-19-6-1-17(2-7-19)3-10-29(45)53-15-26-31(47)34(50)36(52)39(59-26)57-25-13-22-23(55-37(25)18-4-8-20(41)9-5-18)11-21(42)12-24(22)56-38-35(51)33(49)32(48)27(58-38)16-54-30(46)14-28(43)44/h1-13,26-27,31-36,38-41,47-52H,14-16H2,(H,43,44)/p+1. The summed E-state index contributed by atoms with van der Waals surface area (Å²) in [6.07, 6.45) is -16.2. The van der Waals surface area contributed by atoms with Crippen molar-refractivity contribution in [3.8, 4) is 45.6 Å². The first-order chi connectivity index (χ1) is 28.1. The molecule has 0 aromatic heterocycles. The molecule has 0 bridgehead atoms. The molecule has 4 aliphatic rings. The number of rotatable bonds is 13. The zero-order valence-corrected chi connectivity index (χ0v) is 30.5. The third-order valence-corrected chi connectivity index (χ3v) is 9.15. The number of carbonyl (C=O) groups is 2. The molecule has 0 radical (unpaired) electrons. The predicted molar refractivity (Wildman–Crippen MR) is 197 cm³/mol. The molecule has 10 N–H and O–H groups in total. The molecular weight excluding hydrogens is 788 g/mol. The van der Waals surface area contributed by atoms with Crippen molar-refractivity contribution in [2.75, 3.05) is 13.2 Å². The number of aliphatic hydroxyl groups is 6.